The number of likely N-dealkylation sites (N-methyl/N-ethyl adjacent to an activating group) is 1. The zero-order chi connectivity index (χ0) is 13.5. The number of hydrogen-bond acceptors (Lipinski definition) is 3. The first kappa shape index (κ1) is 15.7. The molecule has 1 rings (SSSR count). The van der Waals surface area contributed by atoms with Gasteiger partial charge in [0.05, 0.1) is 0 Å². The Morgan fingerprint density at radius 1 is 1.22 bits per heavy atom. The molecule has 1 aromatic rings. The van der Waals surface area contributed by atoms with Gasteiger partial charge < -0.3 is 5.32 Å². The third-order valence-corrected chi connectivity index (χ3v) is 4.40. The standard InChI is InChI=1S/C15H28N2S/c1-12(2)9-13(3)17(5)14(4)10-16-11-15-7-6-8-18-15/h6-8,12-14,16H,9-11H2,1-5H3. The third-order valence-electron chi connectivity index (χ3n) is 3.52. The van der Waals surface area contributed by atoms with Gasteiger partial charge in [0.2, 0.25) is 0 Å². The van der Waals surface area contributed by atoms with Gasteiger partial charge in [-0.2, -0.15) is 0 Å². The molecule has 0 aliphatic rings. The molecular formula is C15H28N2S. The summed E-state index contributed by atoms with van der Waals surface area (Å²) in [6.45, 7) is 11.3. The molecule has 0 aliphatic heterocycles. The Balaban J connectivity index is 2.24. The second kappa shape index (κ2) is 7.93. The normalized spacial score (nSPS) is 15.3. The van der Waals surface area contributed by atoms with Gasteiger partial charge in [-0.3, -0.25) is 4.90 Å². The van der Waals surface area contributed by atoms with Gasteiger partial charge in [-0.05, 0) is 44.7 Å². The zero-order valence-corrected chi connectivity index (χ0v) is 13.3. The lowest BCUT2D eigenvalue weighted by atomic mass is 10.0. The van der Waals surface area contributed by atoms with Crippen LogP contribution in [0.5, 0.6) is 0 Å². The highest BCUT2D eigenvalue weighted by Gasteiger charge is 2.16. The number of nitrogens with one attached hydrogen (secondary N) is 1. The molecule has 1 aromatic heterocycles. The summed E-state index contributed by atoms with van der Waals surface area (Å²) in [5.74, 6) is 0.772. The van der Waals surface area contributed by atoms with E-state index in [1.54, 1.807) is 0 Å². The van der Waals surface area contributed by atoms with Crippen LogP contribution in [-0.4, -0.2) is 30.6 Å². The molecule has 0 aromatic carbocycles. The van der Waals surface area contributed by atoms with Gasteiger partial charge in [-0.25, -0.2) is 0 Å². The maximum Gasteiger partial charge on any atom is 0.0300 e. The van der Waals surface area contributed by atoms with E-state index in [4.69, 9.17) is 0 Å². The van der Waals surface area contributed by atoms with Gasteiger partial charge in [-0.1, -0.05) is 19.9 Å². The van der Waals surface area contributed by atoms with Crippen LogP contribution in [0.2, 0.25) is 0 Å². The molecule has 2 atom stereocenters. The summed E-state index contributed by atoms with van der Waals surface area (Å²) >= 11 is 1.82. The fourth-order valence-corrected chi connectivity index (χ4v) is 2.92. The Hall–Kier alpha value is -0.380. The van der Waals surface area contributed by atoms with Crippen molar-refractivity contribution in [3.63, 3.8) is 0 Å². The fourth-order valence-electron chi connectivity index (χ4n) is 2.24. The molecule has 1 heterocycles. The van der Waals surface area contributed by atoms with Crippen molar-refractivity contribution >= 4 is 11.3 Å². The summed E-state index contributed by atoms with van der Waals surface area (Å²) in [5.41, 5.74) is 0. The largest absolute Gasteiger partial charge is 0.310 e. The molecular weight excluding hydrogens is 240 g/mol. The minimum atomic E-state index is 0.582. The Morgan fingerprint density at radius 2 is 1.94 bits per heavy atom. The SMILES string of the molecule is CC(C)CC(C)N(C)C(C)CNCc1cccs1. The molecule has 2 nitrogen and oxygen atoms in total. The molecule has 1 N–H and O–H groups in total. The van der Waals surface area contributed by atoms with Gasteiger partial charge in [0.25, 0.3) is 0 Å². The fraction of sp³-hybridized carbons (Fsp3) is 0.733. The molecule has 0 radical (unpaired) electrons. The van der Waals surface area contributed by atoms with Crippen LogP contribution in [-0.2, 0) is 6.54 Å². The van der Waals surface area contributed by atoms with Crippen LogP contribution in [0.25, 0.3) is 0 Å². The van der Waals surface area contributed by atoms with E-state index >= 15 is 0 Å². The molecule has 2 unspecified atom stereocenters. The van der Waals surface area contributed by atoms with Gasteiger partial charge in [-0.15, -0.1) is 11.3 Å². The Labute approximate surface area is 116 Å². The predicted molar refractivity (Wildman–Crippen MR) is 82.2 cm³/mol. The van der Waals surface area contributed by atoms with Crippen molar-refractivity contribution in [3.8, 4) is 0 Å². The Kier molecular flexibility index (Phi) is 6.90. The van der Waals surface area contributed by atoms with Crippen molar-refractivity contribution < 1.29 is 0 Å². The summed E-state index contributed by atoms with van der Waals surface area (Å²) in [6, 6.07) is 5.54. The first-order valence-electron chi connectivity index (χ1n) is 6.95. The quantitative estimate of drug-likeness (QED) is 0.775. The minimum Gasteiger partial charge on any atom is -0.310 e. The smallest absolute Gasteiger partial charge is 0.0300 e. The monoisotopic (exact) mass is 268 g/mol. The lowest BCUT2D eigenvalue weighted by molar-refractivity contribution is 0.172. The van der Waals surface area contributed by atoms with E-state index in [1.807, 2.05) is 11.3 Å². The van der Waals surface area contributed by atoms with Crippen LogP contribution in [0.4, 0.5) is 0 Å². The van der Waals surface area contributed by atoms with Crippen LogP contribution >= 0.6 is 11.3 Å². The lowest BCUT2D eigenvalue weighted by Gasteiger charge is -2.32. The van der Waals surface area contributed by atoms with Crippen molar-refractivity contribution in [1.82, 2.24) is 10.2 Å². The van der Waals surface area contributed by atoms with Crippen molar-refractivity contribution in [2.45, 2.75) is 52.7 Å². The maximum absolute atomic E-state index is 3.55. The van der Waals surface area contributed by atoms with E-state index < -0.39 is 0 Å². The zero-order valence-electron chi connectivity index (χ0n) is 12.4. The highest BCUT2D eigenvalue weighted by Crippen LogP contribution is 2.12. The van der Waals surface area contributed by atoms with E-state index in [0.29, 0.717) is 12.1 Å². The molecule has 0 fully saturated rings. The molecule has 0 amide bonds. The van der Waals surface area contributed by atoms with E-state index in [-0.39, 0.29) is 0 Å². The average molecular weight is 268 g/mol. The molecule has 0 bridgehead atoms. The van der Waals surface area contributed by atoms with Crippen molar-refractivity contribution in [2.24, 2.45) is 5.92 Å². The Bertz CT molecular complexity index is 308. The Morgan fingerprint density at radius 3 is 2.50 bits per heavy atom. The molecule has 0 spiro atoms. The van der Waals surface area contributed by atoms with E-state index in [2.05, 4.69) is 62.5 Å². The first-order chi connectivity index (χ1) is 8.50. The number of thiophene rings is 1. The molecule has 0 saturated heterocycles. The summed E-state index contributed by atoms with van der Waals surface area (Å²) in [4.78, 5) is 3.90. The summed E-state index contributed by atoms with van der Waals surface area (Å²) in [6.07, 6.45) is 1.27. The summed E-state index contributed by atoms with van der Waals surface area (Å²) in [5, 5.41) is 5.68. The van der Waals surface area contributed by atoms with E-state index in [9.17, 15) is 0 Å². The number of rotatable bonds is 8. The van der Waals surface area contributed by atoms with Crippen LogP contribution in [0.3, 0.4) is 0 Å². The lowest BCUT2D eigenvalue weighted by Crippen LogP contribution is -2.43. The van der Waals surface area contributed by atoms with Crippen LogP contribution in [0, 0.1) is 5.92 Å². The molecule has 18 heavy (non-hydrogen) atoms. The van der Waals surface area contributed by atoms with Gasteiger partial charge >= 0.3 is 0 Å². The first-order valence-corrected chi connectivity index (χ1v) is 7.83. The third kappa shape index (κ3) is 5.51. The van der Waals surface area contributed by atoms with Crippen LogP contribution in [0.15, 0.2) is 17.5 Å². The molecule has 3 heteroatoms. The highest BCUT2D eigenvalue weighted by atomic mass is 32.1. The molecule has 0 saturated carbocycles. The number of nitrogens with zero attached hydrogens (tertiary/aromatic N) is 1. The molecule has 0 aliphatic carbocycles. The van der Waals surface area contributed by atoms with Crippen LogP contribution < -0.4 is 5.32 Å². The second-order valence-corrected chi connectivity index (χ2v) is 6.74. The molecule has 104 valence electrons. The van der Waals surface area contributed by atoms with Gasteiger partial charge in [0.15, 0.2) is 0 Å². The minimum absolute atomic E-state index is 0.582. The average Bonchev–Trinajstić information content (AvgIpc) is 2.79. The predicted octanol–water partition coefficient (Wildman–Crippen LogP) is 3.59. The second-order valence-electron chi connectivity index (χ2n) is 5.70. The highest BCUT2D eigenvalue weighted by molar-refractivity contribution is 7.09. The van der Waals surface area contributed by atoms with Crippen molar-refractivity contribution in [1.29, 1.82) is 0 Å². The van der Waals surface area contributed by atoms with Crippen molar-refractivity contribution in [2.75, 3.05) is 13.6 Å². The topological polar surface area (TPSA) is 15.3 Å². The number of hydrogen-bond donors (Lipinski definition) is 1. The summed E-state index contributed by atoms with van der Waals surface area (Å²) in [7, 11) is 2.24. The maximum atomic E-state index is 3.55. The van der Waals surface area contributed by atoms with Gasteiger partial charge in [0, 0.05) is 30.1 Å². The van der Waals surface area contributed by atoms with Crippen molar-refractivity contribution in [3.05, 3.63) is 22.4 Å². The van der Waals surface area contributed by atoms with Gasteiger partial charge in [0.1, 0.15) is 0 Å². The van der Waals surface area contributed by atoms with E-state index in [1.165, 1.54) is 11.3 Å². The van der Waals surface area contributed by atoms with Crippen LogP contribution in [0.1, 0.15) is 39.0 Å². The summed E-state index contributed by atoms with van der Waals surface area (Å²) < 4.78 is 0. The van der Waals surface area contributed by atoms with E-state index in [0.717, 1.165) is 19.0 Å².